The zero-order valence-corrected chi connectivity index (χ0v) is 11.5. The van der Waals surface area contributed by atoms with Gasteiger partial charge in [-0.1, -0.05) is 24.3 Å². The fourth-order valence-corrected chi connectivity index (χ4v) is 1.82. The van der Waals surface area contributed by atoms with Crippen molar-refractivity contribution in [2.75, 3.05) is 13.7 Å². The molecule has 0 saturated carbocycles. The maximum absolute atomic E-state index is 12.1. The Balaban J connectivity index is 2.09. The van der Waals surface area contributed by atoms with Crippen molar-refractivity contribution in [3.63, 3.8) is 0 Å². The summed E-state index contributed by atoms with van der Waals surface area (Å²) in [5, 5.41) is 0. The van der Waals surface area contributed by atoms with Gasteiger partial charge in [-0.2, -0.15) is 0 Å². The third-order valence-electron chi connectivity index (χ3n) is 2.90. The summed E-state index contributed by atoms with van der Waals surface area (Å²) in [6, 6.07) is 13.3. The predicted octanol–water partition coefficient (Wildman–Crippen LogP) is 2.06. The van der Waals surface area contributed by atoms with Crippen LogP contribution in [0.5, 0.6) is 11.5 Å². The minimum atomic E-state index is -0.598. The Morgan fingerprint density at radius 3 is 2.57 bits per heavy atom. The normalized spacial score (nSPS) is 9.95. The molecule has 0 aliphatic rings. The predicted molar refractivity (Wildman–Crippen MR) is 77.8 cm³/mol. The molecule has 2 rings (SSSR count). The van der Waals surface area contributed by atoms with Crippen molar-refractivity contribution in [3.05, 3.63) is 59.7 Å². The molecule has 0 spiro atoms. The van der Waals surface area contributed by atoms with E-state index in [9.17, 15) is 9.59 Å². The molecule has 0 heterocycles. The first-order valence-electron chi connectivity index (χ1n) is 6.30. The van der Waals surface area contributed by atoms with Gasteiger partial charge in [0, 0.05) is 5.56 Å². The molecule has 2 aromatic carbocycles. The van der Waals surface area contributed by atoms with Gasteiger partial charge < -0.3 is 15.2 Å². The highest BCUT2D eigenvalue weighted by Gasteiger charge is 2.12. The van der Waals surface area contributed by atoms with Crippen LogP contribution in [0.3, 0.4) is 0 Å². The standard InChI is InChI=1S/C16H15NO4/c1-20-12-6-4-5-11(9-12)14(18)10-21-15-8-3-2-7-13(15)16(17)19/h2-9H,10H2,1H3,(H2,17,19). The number of hydrogen-bond donors (Lipinski definition) is 1. The van der Waals surface area contributed by atoms with E-state index in [1.54, 1.807) is 48.5 Å². The van der Waals surface area contributed by atoms with E-state index in [4.69, 9.17) is 15.2 Å². The maximum Gasteiger partial charge on any atom is 0.252 e. The highest BCUT2D eigenvalue weighted by molar-refractivity contribution is 5.98. The van der Waals surface area contributed by atoms with Gasteiger partial charge in [0.05, 0.1) is 12.7 Å². The van der Waals surface area contributed by atoms with Gasteiger partial charge in [0.25, 0.3) is 5.91 Å². The lowest BCUT2D eigenvalue weighted by Crippen LogP contribution is -2.16. The monoisotopic (exact) mass is 285 g/mol. The minimum Gasteiger partial charge on any atom is -0.497 e. The molecule has 2 aromatic rings. The largest absolute Gasteiger partial charge is 0.497 e. The molecule has 21 heavy (non-hydrogen) atoms. The van der Waals surface area contributed by atoms with Gasteiger partial charge in [0.1, 0.15) is 11.5 Å². The molecule has 5 nitrogen and oxygen atoms in total. The van der Waals surface area contributed by atoms with E-state index >= 15 is 0 Å². The molecule has 0 bridgehead atoms. The molecule has 2 N–H and O–H groups in total. The summed E-state index contributed by atoms with van der Waals surface area (Å²) in [6.45, 7) is -0.183. The Labute approximate surface area is 122 Å². The first-order chi connectivity index (χ1) is 10.1. The number of carbonyl (C=O) groups excluding carboxylic acids is 2. The summed E-state index contributed by atoms with van der Waals surface area (Å²) in [7, 11) is 1.53. The first kappa shape index (κ1) is 14.6. The summed E-state index contributed by atoms with van der Waals surface area (Å²) in [6.07, 6.45) is 0. The van der Waals surface area contributed by atoms with Crippen LogP contribution in [-0.2, 0) is 0 Å². The number of amides is 1. The van der Waals surface area contributed by atoms with Gasteiger partial charge in [-0.3, -0.25) is 9.59 Å². The Morgan fingerprint density at radius 1 is 1.10 bits per heavy atom. The van der Waals surface area contributed by atoms with E-state index in [0.29, 0.717) is 17.1 Å². The molecule has 5 heteroatoms. The third kappa shape index (κ3) is 3.60. The SMILES string of the molecule is COc1cccc(C(=O)COc2ccccc2C(N)=O)c1. The molecule has 0 radical (unpaired) electrons. The number of ether oxygens (including phenoxy) is 2. The summed E-state index contributed by atoms with van der Waals surface area (Å²) in [5.41, 5.74) is 5.97. The zero-order valence-electron chi connectivity index (χ0n) is 11.5. The van der Waals surface area contributed by atoms with Crippen LogP contribution < -0.4 is 15.2 Å². The fraction of sp³-hybridized carbons (Fsp3) is 0.125. The van der Waals surface area contributed by atoms with Gasteiger partial charge in [-0.15, -0.1) is 0 Å². The number of carbonyl (C=O) groups is 2. The Kier molecular flexibility index (Phi) is 4.56. The third-order valence-corrected chi connectivity index (χ3v) is 2.90. The number of Topliss-reactive ketones (excluding diaryl/α,β-unsaturated/α-hetero) is 1. The molecule has 0 atom stereocenters. The van der Waals surface area contributed by atoms with Crippen LogP contribution in [0.15, 0.2) is 48.5 Å². The van der Waals surface area contributed by atoms with Crippen molar-refractivity contribution < 1.29 is 19.1 Å². The first-order valence-corrected chi connectivity index (χ1v) is 6.30. The molecule has 108 valence electrons. The van der Waals surface area contributed by atoms with Crippen molar-refractivity contribution in [1.29, 1.82) is 0 Å². The lowest BCUT2D eigenvalue weighted by Gasteiger charge is -2.09. The van der Waals surface area contributed by atoms with E-state index < -0.39 is 5.91 Å². The molecule has 0 aromatic heterocycles. The van der Waals surface area contributed by atoms with E-state index in [1.807, 2.05) is 0 Å². The number of benzene rings is 2. The quantitative estimate of drug-likeness (QED) is 0.824. The second-order valence-corrected chi connectivity index (χ2v) is 4.30. The van der Waals surface area contributed by atoms with E-state index in [2.05, 4.69) is 0 Å². The van der Waals surface area contributed by atoms with Gasteiger partial charge in [-0.05, 0) is 24.3 Å². The van der Waals surface area contributed by atoms with Gasteiger partial charge >= 0.3 is 0 Å². The van der Waals surface area contributed by atoms with Crippen molar-refractivity contribution in [2.45, 2.75) is 0 Å². The van der Waals surface area contributed by atoms with Crippen LogP contribution in [-0.4, -0.2) is 25.4 Å². The van der Waals surface area contributed by atoms with E-state index in [-0.39, 0.29) is 18.0 Å². The average Bonchev–Trinajstić information content (AvgIpc) is 2.52. The van der Waals surface area contributed by atoms with Crippen LogP contribution in [0, 0.1) is 0 Å². The number of ketones is 1. The molecule has 1 amide bonds. The summed E-state index contributed by atoms with van der Waals surface area (Å²) in [5.74, 6) is 0.0761. The Bertz CT molecular complexity index is 667. The smallest absolute Gasteiger partial charge is 0.252 e. The van der Waals surface area contributed by atoms with E-state index in [1.165, 1.54) is 7.11 Å². The molecule has 0 unspecified atom stereocenters. The fourth-order valence-electron chi connectivity index (χ4n) is 1.82. The minimum absolute atomic E-state index is 0.183. The van der Waals surface area contributed by atoms with Crippen LogP contribution >= 0.6 is 0 Å². The average molecular weight is 285 g/mol. The highest BCUT2D eigenvalue weighted by atomic mass is 16.5. The van der Waals surface area contributed by atoms with Gasteiger partial charge in [0.2, 0.25) is 0 Å². The lowest BCUT2D eigenvalue weighted by atomic mass is 10.1. The van der Waals surface area contributed by atoms with Crippen molar-refractivity contribution in [3.8, 4) is 11.5 Å². The van der Waals surface area contributed by atoms with Crippen molar-refractivity contribution in [1.82, 2.24) is 0 Å². The van der Waals surface area contributed by atoms with Gasteiger partial charge in [-0.25, -0.2) is 0 Å². The number of para-hydroxylation sites is 1. The second kappa shape index (κ2) is 6.56. The number of methoxy groups -OCH3 is 1. The van der Waals surface area contributed by atoms with E-state index in [0.717, 1.165) is 0 Å². The molecule has 0 aliphatic heterocycles. The molecular weight excluding hydrogens is 270 g/mol. The highest BCUT2D eigenvalue weighted by Crippen LogP contribution is 2.18. The van der Waals surface area contributed by atoms with Crippen molar-refractivity contribution >= 4 is 11.7 Å². The number of nitrogens with two attached hydrogens (primary N) is 1. The van der Waals surface area contributed by atoms with Crippen LogP contribution in [0.25, 0.3) is 0 Å². The molecule has 0 saturated heterocycles. The molecular formula is C16H15NO4. The Hall–Kier alpha value is -2.82. The Morgan fingerprint density at radius 2 is 1.86 bits per heavy atom. The van der Waals surface area contributed by atoms with Crippen molar-refractivity contribution in [2.24, 2.45) is 5.73 Å². The summed E-state index contributed by atoms with van der Waals surface area (Å²) in [4.78, 5) is 23.3. The number of primary amides is 1. The number of rotatable bonds is 6. The van der Waals surface area contributed by atoms with Gasteiger partial charge in [0.15, 0.2) is 12.4 Å². The zero-order chi connectivity index (χ0) is 15.2. The second-order valence-electron chi connectivity index (χ2n) is 4.30. The topological polar surface area (TPSA) is 78.6 Å². The van der Waals surface area contributed by atoms with Crippen LogP contribution in [0.1, 0.15) is 20.7 Å². The number of hydrogen-bond acceptors (Lipinski definition) is 4. The summed E-state index contributed by atoms with van der Waals surface area (Å²) < 4.78 is 10.5. The maximum atomic E-state index is 12.1. The van der Waals surface area contributed by atoms with Crippen LogP contribution in [0.2, 0.25) is 0 Å². The molecule has 0 fully saturated rings. The molecule has 0 aliphatic carbocycles. The van der Waals surface area contributed by atoms with Crippen LogP contribution in [0.4, 0.5) is 0 Å². The lowest BCUT2D eigenvalue weighted by molar-refractivity contribution is 0.0912. The summed E-state index contributed by atoms with van der Waals surface area (Å²) >= 11 is 0.